The first-order valence-corrected chi connectivity index (χ1v) is 5.10. The first-order chi connectivity index (χ1) is 6.68. The molecule has 0 bridgehead atoms. The van der Waals surface area contributed by atoms with E-state index in [1.54, 1.807) is 6.20 Å². The third-order valence-electron chi connectivity index (χ3n) is 2.12. The van der Waals surface area contributed by atoms with Gasteiger partial charge in [0.15, 0.2) is 0 Å². The third-order valence-corrected chi connectivity index (χ3v) is 2.56. The molecule has 2 heterocycles. The maximum Gasteiger partial charge on any atom is 0.0672 e. The van der Waals surface area contributed by atoms with Gasteiger partial charge in [0.1, 0.15) is 0 Å². The summed E-state index contributed by atoms with van der Waals surface area (Å²) >= 11 is 3.40. The largest absolute Gasteiger partial charge is 0.282 e. The van der Waals surface area contributed by atoms with Gasteiger partial charge in [0, 0.05) is 33.7 Å². The second-order valence-electron chi connectivity index (χ2n) is 3.20. The highest BCUT2D eigenvalue weighted by Crippen LogP contribution is 2.26. The molecule has 2 rings (SSSR count). The van der Waals surface area contributed by atoms with E-state index in [1.807, 2.05) is 26.1 Å². The summed E-state index contributed by atoms with van der Waals surface area (Å²) in [5.41, 5.74) is 4.30. The number of halogens is 1. The number of pyridine rings is 1. The van der Waals surface area contributed by atoms with Crippen LogP contribution < -0.4 is 0 Å². The average Bonchev–Trinajstić information content (AvgIpc) is 2.46. The summed E-state index contributed by atoms with van der Waals surface area (Å²) < 4.78 is 0.981. The lowest BCUT2D eigenvalue weighted by Gasteiger charge is -2.00. The molecular formula is C10H10BrN3. The van der Waals surface area contributed by atoms with Gasteiger partial charge in [-0.3, -0.25) is 10.1 Å². The highest BCUT2D eigenvalue weighted by molar-refractivity contribution is 9.10. The van der Waals surface area contributed by atoms with Crippen LogP contribution in [0.4, 0.5) is 0 Å². The molecule has 0 fully saturated rings. The van der Waals surface area contributed by atoms with Gasteiger partial charge in [-0.15, -0.1) is 0 Å². The van der Waals surface area contributed by atoms with Gasteiger partial charge in [-0.25, -0.2) is 0 Å². The van der Waals surface area contributed by atoms with E-state index in [9.17, 15) is 0 Å². The molecule has 0 aliphatic rings. The van der Waals surface area contributed by atoms with E-state index < -0.39 is 0 Å². The standard InChI is InChI=1S/C10H10BrN3/c1-6-10(7(2)14-13-6)8-3-9(11)5-12-4-8/h3-5H,1-2H3,(H,13,14). The highest BCUT2D eigenvalue weighted by Gasteiger charge is 2.08. The van der Waals surface area contributed by atoms with Gasteiger partial charge in [-0.2, -0.15) is 5.10 Å². The van der Waals surface area contributed by atoms with Crippen LogP contribution in [0.2, 0.25) is 0 Å². The van der Waals surface area contributed by atoms with Crippen molar-refractivity contribution in [2.75, 3.05) is 0 Å². The molecule has 0 aliphatic heterocycles. The van der Waals surface area contributed by atoms with E-state index in [1.165, 1.54) is 0 Å². The van der Waals surface area contributed by atoms with Crippen LogP contribution in [0.25, 0.3) is 11.1 Å². The summed E-state index contributed by atoms with van der Waals surface area (Å²) in [6.07, 6.45) is 3.61. The molecular weight excluding hydrogens is 242 g/mol. The average molecular weight is 252 g/mol. The zero-order valence-electron chi connectivity index (χ0n) is 8.00. The van der Waals surface area contributed by atoms with Crippen molar-refractivity contribution in [3.05, 3.63) is 34.3 Å². The number of H-pyrrole nitrogens is 1. The Hall–Kier alpha value is -1.16. The van der Waals surface area contributed by atoms with E-state index >= 15 is 0 Å². The molecule has 4 heteroatoms. The van der Waals surface area contributed by atoms with Crippen LogP contribution in [0, 0.1) is 13.8 Å². The normalized spacial score (nSPS) is 10.5. The molecule has 1 N–H and O–H groups in total. The molecule has 0 radical (unpaired) electrons. The zero-order chi connectivity index (χ0) is 10.1. The predicted molar refractivity (Wildman–Crippen MR) is 59.0 cm³/mol. The van der Waals surface area contributed by atoms with Gasteiger partial charge < -0.3 is 0 Å². The number of aryl methyl sites for hydroxylation is 2. The van der Waals surface area contributed by atoms with Crippen LogP contribution in [-0.4, -0.2) is 15.2 Å². The number of nitrogens with one attached hydrogen (secondary N) is 1. The number of hydrogen-bond acceptors (Lipinski definition) is 2. The Bertz CT molecular complexity index is 443. The van der Waals surface area contributed by atoms with Crippen LogP contribution in [-0.2, 0) is 0 Å². The van der Waals surface area contributed by atoms with Crippen molar-refractivity contribution in [3.63, 3.8) is 0 Å². The van der Waals surface area contributed by atoms with Gasteiger partial charge in [0.05, 0.1) is 5.69 Å². The molecule has 0 atom stereocenters. The van der Waals surface area contributed by atoms with Crippen LogP contribution in [0.5, 0.6) is 0 Å². The predicted octanol–water partition coefficient (Wildman–Crippen LogP) is 2.85. The SMILES string of the molecule is Cc1n[nH]c(C)c1-c1cncc(Br)c1. The van der Waals surface area contributed by atoms with E-state index in [0.29, 0.717) is 0 Å². The van der Waals surface area contributed by atoms with Crippen LogP contribution >= 0.6 is 15.9 Å². The fraction of sp³-hybridized carbons (Fsp3) is 0.200. The molecule has 0 saturated carbocycles. The second-order valence-corrected chi connectivity index (χ2v) is 4.12. The highest BCUT2D eigenvalue weighted by atomic mass is 79.9. The number of aromatic nitrogens is 3. The molecule has 0 aromatic carbocycles. The van der Waals surface area contributed by atoms with Gasteiger partial charge in [0.25, 0.3) is 0 Å². The first-order valence-electron chi connectivity index (χ1n) is 4.31. The molecule has 0 saturated heterocycles. The second kappa shape index (κ2) is 3.53. The Morgan fingerprint density at radius 1 is 1.29 bits per heavy atom. The molecule has 14 heavy (non-hydrogen) atoms. The van der Waals surface area contributed by atoms with Crippen molar-refractivity contribution in [2.45, 2.75) is 13.8 Å². The van der Waals surface area contributed by atoms with Crippen molar-refractivity contribution in [1.29, 1.82) is 0 Å². The lowest BCUT2D eigenvalue weighted by Crippen LogP contribution is -1.83. The zero-order valence-corrected chi connectivity index (χ0v) is 9.59. The van der Waals surface area contributed by atoms with E-state index in [-0.39, 0.29) is 0 Å². The Labute approximate surface area is 90.7 Å². The maximum atomic E-state index is 4.15. The monoisotopic (exact) mass is 251 g/mol. The van der Waals surface area contributed by atoms with E-state index in [2.05, 4.69) is 31.1 Å². The Balaban J connectivity index is 2.59. The van der Waals surface area contributed by atoms with Crippen molar-refractivity contribution in [3.8, 4) is 11.1 Å². The van der Waals surface area contributed by atoms with E-state index in [0.717, 1.165) is 27.0 Å². The first kappa shape index (κ1) is 9.40. The third kappa shape index (κ3) is 1.57. The summed E-state index contributed by atoms with van der Waals surface area (Å²) in [6, 6.07) is 2.04. The molecule has 0 unspecified atom stereocenters. The van der Waals surface area contributed by atoms with Gasteiger partial charge in [0.2, 0.25) is 0 Å². The summed E-state index contributed by atoms with van der Waals surface area (Å²) in [7, 11) is 0. The Morgan fingerprint density at radius 3 is 2.64 bits per heavy atom. The molecule has 72 valence electrons. The fourth-order valence-corrected chi connectivity index (χ4v) is 1.89. The topological polar surface area (TPSA) is 41.6 Å². The number of rotatable bonds is 1. The van der Waals surface area contributed by atoms with Gasteiger partial charge >= 0.3 is 0 Å². The molecule has 0 spiro atoms. The van der Waals surface area contributed by atoms with Crippen LogP contribution in [0.15, 0.2) is 22.9 Å². The Morgan fingerprint density at radius 2 is 2.07 bits per heavy atom. The Kier molecular flexibility index (Phi) is 2.37. The summed E-state index contributed by atoms with van der Waals surface area (Å²) in [6.45, 7) is 4.00. The van der Waals surface area contributed by atoms with Crippen molar-refractivity contribution >= 4 is 15.9 Å². The molecule has 0 aliphatic carbocycles. The fourth-order valence-electron chi connectivity index (χ4n) is 1.52. The van der Waals surface area contributed by atoms with Gasteiger partial charge in [-0.1, -0.05) is 0 Å². The summed E-state index contributed by atoms with van der Waals surface area (Å²) in [5, 5.41) is 7.12. The van der Waals surface area contributed by atoms with Crippen LogP contribution in [0.1, 0.15) is 11.4 Å². The number of hydrogen-bond donors (Lipinski definition) is 1. The molecule has 3 nitrogen and oxygen atoms in total. The maximum absolute atomic E-state index is 4.15. The van der Waals surface area contributed by atoms with E-state index in [4.69, 9.17) is 0 Å². The number of aromatic amines is 1. The molecule has 2 aromatic heterocycles. The molecule has 0 amide bonds. The quantitative estimate of drug-likeness (QED) is 0.847. The minimum Gasteiger partial charge on any atom is -0.282 e. The van der Waals surface area contributed by atoms with Crippen molar-refractivity contribution in [2.24, 2.45) is 0 Å². The number of nitrogens with zero attached hydrogens (tertiary/aromatic N) is 2. The lowest BCUT2D eigenvalue weighted by molar-refractivity contribution is 1.02. The van der Waals surface area contributed by atoms with Crippen molar-refractivity contribution in [1.82, 2.24) is 15.2 Å². The lowest BCUT2D eigenvalue weighted by atomic mass is 10.1. The summed E-state index contributed by atoms with van der Waals surface area (Å²) in [4.78, 5) is 4.13. The minimum absolute atomic E-state index is 0.981. The smallest absolute Gasteiger partial charge is 0.0672 e. The summed E-state index contributed by atoms with van der Waals surface area (Å²) in [5.74, 6) is 0. The van der Waals surface area contributed by atoms with Crippen LogP contribution in [0.3, 0.4) is 0 Å². The minimum atomic E-state index is 0.981. The molecule has 2 aromatic rings. The van der Waals surface area contributed by atoms with Crippen molar-refractivity contribution < 1.29 is 0 Å². The van der Waals surface area contributed by atoms with Gasteiger partial charge in [-0.05, 0) is 35.8 Å².